The summed E-state index contributed by atoms with van der Waals surface area (Å²) in [4.78, 5) is 8.57. The van der Waals surface area contributed by atoms with Crippen molar-refractivity contribution in [3.05, 3.63) is 66.5 Å². The molecule has 4 heterocycles. The standard InChI is InChI=1S/C26H28N2O5/c1-25(2)30-19-20(31-25)22-24(33-26(3,4)32-22)29-21(19)23-27-17(15-11-7-5-8-12-15)18(28-23)16-13-9-6-10-14-16/h5-14,19-22,24H,1-4H3,(H,27,28)/t19-,20+,21?,22-,24-/m1/s1. The number of aromatic amines is 1. The van der Waals surface area contributed by atoms with Crippen LogP contribution in [0.2, 0.25) is 0 Å². The summed E-state index contributed by atoms with van der Waals surface area (Å²) in [5.74, 6) is -0.854. The Labute approximate surface area is 193 Å². The van der Waals surface area contributed by atoms with E-state index < -0.39 is 30.1 Å². The fourth-order valence-electron chi connectivity index (χ4n) is 4.98. The normalized spacial score (nSPS) is 31.8. The summed E-state index contributed by atoms with van der Waals surface area (Å²) in [6.45, 7) is 7.58. The maximum Gasteiger partial charge on any atom is 0.190 e. The molecule has 0 amide bonds. The predicted octanol–water partition coefficient (Wildman–Crippen LogP) is 4.81. The summed E-state index contributed by atoms with van der Waals surface area (Å²) in [5, 5.41) is 0. The lowest BCUT2D eigenvalue weighted by Gasteiger charge is -2.36. The molecule has 3 fully saturated rings. The zero-order chi connectivity index (χ0) is 22.8. The van der Waals surface area contributed by atoms with Crippen molar-refractivity contribution in [1.82, 2.24) is 9.97 Å². The van der Waals surface area contributed by atoms with Crippen LogP contribution in [0.4, 0.5) is 0 Å². The van der Waals surface area contributed by atoms with Crippen LogP contribution in [0.15, 0.2) is 60.7 Å². The van der Waals surface area contributed by atoms with Crippen molar-refractivity contribution in [2.24, 2.45) is 0 Å². The molecule has 5 atom stereocenters. The van der Waals surface area contributed by atoms with Gasteiger partial charge in [0.1, 0.15) is 30.2 Å². The van der Waals surface area contributed by atoms with Crippen LogP contribution in [0, 0.1) is 0 Å². The van der Waals surface area contributed by atoms with Gasteiger partial charge in [-0.05, 0) is 27.7 Å². The minimum Gasteiger partial charge on any atom is -0.342 e. The highest BCUT2D eigenvalue weighted by Gasteiger charge is 2.61. The van der Waals surface area contributed by atoms with Crippen molar-refractivity contribution in [3.63, 3.8) is 0 Å². The lowest BCUT2D eigenvalue weighted by Crippen LogP contribution is -2.51. The van der Waals surface area contributed by atoms with Crippen molar-refractivity contribution in [2.75, 3.05) is 0 Å². The summed E-state index contributed by atoms with van der Waals surface area (Å²) in [6.07, 6.45) is -2.18. The Bertz CT molecular complexity index is 1090. The van der Waals surface area contributed by atoms with Crippen molar-refractivity contribution >= 4 is 0 Å². The molecule has 7 heteroatoms. The molecule has 1 N–H and O–H groups in total. The van der Waals surface area contributed by atoms with Crippen LogP contribution in [0.3, 0.4) is 0 Å². The van der Waals surface area contributed by atoms with Crippen molar-refractivity contribution in [3.8, 4) is 22.5 Å². The molecule has 33 heavy (non-hydrogen) atoms. The number of fused-ring (bicyclic) bond motifs is 3. The lowest BCUT2D eigenvalue weighted by atomic mass is 9.98. The second-order valence-electron chi connectivity index (χ2n) is 9.67. The second-order valence-corrected chi connectivity index (χ2v) is 9.67. The van der Waals surface area contributed by atoms with Crippen LogP contribution in [-0.4, -0.2) is 46.1 Å². The molecule has 6 rings (SSSR count). The van der Waals surface area contributed by atoms with Gasteiger partial charge >= 0.3 is 0 Å². The topological polar surface area (TPSA) is 74.8 Å². The number of hydrogen-bond donors (Lipinski definition) is 1. The Hall–Kier alpha value is -2.55. The van der Waals surface area contributed by atoms with Crippen molar-refractivity contribution < 1.29 is 23.7 Å². The van der Waals surface area contributed by atoms with E-state index in [1.165, 1.54) is 0 Å². The number of hydrogen-bond acceptors (Lipinski definition) is 6. The molecular formula is C26H28N2O5. The first-order valence-corrected chi connectivity index (χ1v) is 11.4. The first-order chi connectivity index (χ1) is 15.8. The number of ether oxygens (including phenoxy) is 5. The summed E-state index contributed by atoms with van der Waals surface area (Å²) >= 11 is 0. The zero-order valence-corrected chi connectivity index (χ0v) is 19.1. The molecule has 1 unspecified atom stereocenters. The predicted molar refractivity (Wildman–Crippen MR) is 121 cm³/mol. The fourth-order valence-corrected chi connectivity index (χ4v) is 4.98. The Balaban J connectivity index is 1.44. The van der Waals surface area contributed by atoms with Crippen LogP contribution in [0.25, 0.3) is 22.5 Å². The second kappa shape index (κ2) is 7.48. The van der Waals surface area contributed by atoms with E-state index in [0.29, 0.717) is 5.82 Å². The maximum atomic E-state index is 6.43. The Morgan fingerprint density at radius 3 is 1.97 bits per heavy atom. The quantitative estimate of drug-likeness (QED) is 0.620. The van der Waals surface area contributed by atoms with E-state index in [2.05, 4.69) is 29.2 Å². The van der Waals surface area contributed by atoms with Gasteiger partial charge in [-0.25, -0.2) is 4.98 Å². The van der Waals surface area contributed by atoms with E-state index in [4.69, 9.17) is 28.7 Å². The lowest BCUT2D eigenvalue weighted by molar-refractivity contribution is -0.238. The van der Waals surface area contributed by atoms with Crippen LogP contribution >= 0.6 is 0 Å². The molecule has 3 aliphatic heterocycles. The van der Waals surface area contributed by atoms with E-state index in [-0.39, 0.29) is 12.2 Å². The van der Waals surface area contributed by atoms with E-state index in [1.54, 1.807) is 0 Å². The van der Waals surface area contributed by atoms with Gasteiger partial charge in [0, 0.05) is 11.1 Å². The van der Waals surface area contributed by atoms with Crippen LogP contribution in [-0.2, 0) is 23.7 Å². The molecule has 0 spiro atoms. The number of benzene rings is 2. The Morgan fingerprint density at radius 1 is 0.697 bits per heavy atom. The summed E-state index contributed by atoms with van der Waals surface area (Å²) in [7, 11) is 0. The third-order valence-electron chi connectivity index (χ3n) is 6.26. The third kappa shape index (κ3) is 3.70. The molecule has 3 saturated heterocycles. The minimum atomic E-state index is -0.765. The SMILES string of the molecule is CC1(C)O[C@H]2OC(c3nc(-c4ccccc4)c(-c4ccccc4)[nH]3)[C@@H]3OC(C)(C)O[C@@H]3[C@H]2O1. The van der Waals surface area contributed by atoms with Crippen molar-refractivity contribution in [2.45, 2.75) is 70.0 Å². The summed E-state index contributed by atoms with van der Waals surface area (Å²) < 4.78 is 31.2. The van der Waals surface area contributed by atoms with E-state index >= 15 is 0 Å². The zero-order valence-electron chi connectivity index (χ0n) is 19.1. The molecule has 172 valence electrons. The van der Waals surface area contributed by atoms with Gasteiger partial charge in [0.05, 0.1) is 11.4 Å². The molecule has 0 radical (unpaired) electrons. The first kappa shape index (κ1) is 21.0. The molecule has 0 aliphatic carbocycles. The molecule has 3 aromatic rings. The van der Waals surface area contributed by atoms with Gasteiger partial charge in [-0.15, -0.1) is 0 Å². The number of rotatable bonds is 3. The van der Waals surface area contributed by atoms with Crippen LogP contribution < -0.4 is 0 Å². The minimum absolute atomic E-state index is 0.337. The smallest absolute Gasteiger partial charge is 0.190 e. The third-order valence-corrected chi connectivity index (χ3v) is 6.26. The number of nitrogens with zero attached hydrogens (tertiary/aromatic N) is 1. The average Bonchev–Trinajstić information content (AvgIpc) is 3.46. The summed E-state index contributed by atoms with van der Waals surface area (Å²) in [5.41, 5.74) is 3.86. The monoisotopic (exact) mass is 448 g/mol. The molecule has 3 aliphatic rings. The Morgan fingerprint density at radius 2 is 1.27 bits per heavy atom. The van der Waals surface area contributed by atoms with Gasteiger partial charge in [-0.1, -0.05) is 60.7 Å². The van der Waals surface area contributed by atoms with E-state index in [9.17, 15) is 0 Å². The van der Waals surface area contributed by atoms with Gasteiger partial charge in [0.25, 0.3) is 0 Å². The highest BCUT2D eigenvalue weighted by Crippen LogP contribution is 2.48. The summed E-state index contributed by atoms with van der Waals surface area (Å²) in [6, 6.07) is 20.3. The van der Waals surface area contributed by atoms with Gasteiger partial charge in [-0.3, -0.25) is 0 Å². The number of H-pyrrole nitrogens is 1. The van der Waals surface area contributed by atoms with Gasteiger partial charge < -0.3 is 28.7 Å². The highest BCUT2D eigenvalue weighted by molar-refractivity contribution is 5.78. The highest BCUT2D eigenvalue weighted by atomic mass is 16.9. The number of nitrogens with one attached hydrogen (secondary N) is 1. The van der Waals surface area contributed by atoms with Gasteiger partial charge in [0.15, 0.2) is 17.9 Å². The number of imidazole rings is 1. The molecule has 0 saturated carbocycles. The fraction of sp³-hybridized carbons (Fsp3) is 0.423. The van der Waals surface area contributed by atoms with E-state index in [0.717, 1.165) is 22.5 Å². The molecule has 0 bridgehead atoms. The first-order valence-electron chi connectivity index (χ1n) is 11.4. The van der Waals surface area contributed by atoms with Crippen LogP contribution in [0.5, 0.6) is 0 Å². The molecule has 7 nitrogen and oxygen atoms in total. The molecule has 1 aromatic heterocycles. The Kier molecular flexibility index (Phi) is 4.76. The van der Waals surface area contributed by atoms with Gasteiger partial charge in [-0.2, -0.15) is 0 Å². The largest absolute Gasteiger partial charge is 0.342 e. The van der Waals surface area contributed by atoms with Gasteiger partial charge in [0.2, 0.25) is 0 Å². The maximum absolute atomic E-state index is 6.43. The molecular weight excluding hydrogens is 420 g/mol. The molecule has 2 aromatic carbocycles. The average molecular weight is 449 g/mol. The number of aromatic nitrogens is 2. The van der Waals surface area contributed by atoms with E-state index in [1.807, 2.05) is 64.1 Å². The van der Waals surface area contributed by atoms with Crippen LogP contribution in [0.1, 0.15) is 39.6 Å². The van der Waals surface area contributed by atoms with Crippen molar-refractivity contribution in [1.29, 1.82) is 0 Å².